The molecule has 0 radical (unpaired) electrons. The van der Waals surface area contributed by atoms with Crippen LogP contribution in [0.25, 0.3) is 0 Å². The van der Waals surface area contributed by atoms with Crippen LogP contribution in [-0.2, 0) is 9.59 Å². The van der Waals surface area contributed by atoms with Gasteiger partial charge in [0.25, 0.3) is 0 Å². The number of carbonyl (C=O) groups is 2. The van der Waals surface area contributed by atoms with Crippen LogP contribution in [0.4, 0.5) is 0 Å². The Labute approximate surface area is 85.1 Å². The third-order valence-electron chi connectivity index (χ3n) is 3.98. The van der Waals surface area contributed by atoms with Crippen LogP contribution < -0.4 is 0 Å². The molecular weight excluding hydrogens is 176 g/mol. The monoisotopic (exact) mass is 194 g/mol. The van der Waals surface area contributed by atoms with Crippen molar-refractivity contribution in [3.05, 3.63) is 0 Å². The van der Waals surface area contributed by atoms with Gasteiger partial charge in [0, 0.05) is 12.8 Å². The van der Waals surface area contributed by atoms with Gasteiger partial charge in [-0.2, -0.15) is 0 Å². The van der Waals surface area contributed by atoms with Gasteiger partial charge in [-0.25, -0.2) is 0 Å². The van der Waals surface area contributed by atoms with Crippen molar-refractivity contribution in [1.82, 2.24) is 0 Å². The van der Waals surface area contributed by atoms with Crippen LogP contribution >= 0.6 is 0 Å². The molecule has 78 valence electrons. The summed E-state index contributed by atoms with van der Waals surface area (Å²) in [5, 5.41) is 0. The van der Waals surface area contributed by atoms with Gasteiger partial charge in [-0.3, -0.25) is 9.59 Å². The number of hydrogen-bond donors (Lipinski definition) is 0. The Bertz CT molecular complexity index is 241. The van der Waals surface area contributed by atoms with E-state index in [1.807, 2.05) is 0 Å². The van der Waals surface area contributed by atoms with E-state index in [2.05, 4.69) is 0 Å². The van der Waals surface area contributed by atoms with Gasteiger partial charge in [-0.1, -0.05) is 19.3 Å². The maximum absolute atomic E-state index is 11.7. The summed E-state index contributed by atoms with van der Waals surface area (Å²) in [4.78, 5) is 23.3. The lowest BCUT2D eigenvalue weighted by Gasteiger charge is -2.40. The predicted octanol–water partition coefficient (Wildman–Crippen LogP) is 2.51. The third kappa shape index (κ3) is 1.62. The van der Waals surface area contributed by atoms with E-state index in [0.29, 0.717) is 12.8 Å². The van der Waals surface area contributed by atoms with Crippen LogP contribution in [0.15, 0.2) is 0 Å². The quantitative estimate of drug-likeness (QED) is 0.555. The standard InChI is InChI=1S/C12H18O2/c1-9-10(13)7-12(8-11(9)14)5-3-2-4-6-12/h9H,2-8H2,1H3. The van der Waals surface area contributed by atoms with Crippen LogP contribution in [0.1, 0.15) is 51.9 Å². The second-order valence-electron chi connectivity index (χ2n) is 5.07. The van der Waals surface area contributed by atoms with Crippen molar-refractivity contribution in [3.8, 4) is 0 Å². The molecule has 0 aromatic rings. The minimum Gasteiger partial charge on any atom is -0.299 e. The van der Waals surface area contributed by atoms with Crippen molar-refractivity contribution >= 4 is 11.6 Å². The van der Waals surface area contributed by atoms with Crippen molar-refractivity contribution in [3.63, 3.8) is 0 Å². The second kappa shape index (κ2) is 3.48. The van der Waals surface area contributed by atoms with Crippen molar-refractivity contribution in [2.75, 3.05) is 0 Å². The Balaban J connectivity index is 2.14. The molecule has 2 aliphatic rings. The maximum Gasteiger partial charge on any atom is 0.143 e. The Hall–Kier alpha value is -0.660. The van der Waals surface area contributed by atoms with Crippen molar-refractivity contribution in [1.29, 1.82) is 0 Å². The van der Waals surface area contributed by atoms with E-state index in [1.165, 1.54) is 19.3 Å². The van der Waals surface area contributed by atoms with Crippen molar-refractivity contribution < 1.29 is 9.59 Å². The summed E-state index contributed by atoms with van der Waals surface area (Å²) in [6.45, 7) is 1.76. The first kappa shape index (κ1) is 9.88. The molecule has 2 saturated carbocycles. The van der Waals surface area contributed by atoms with E-state index in [4.69, 9.17) is 0 Å². The number of hydrogen-bond acceptors (Lipinski definition) is 2. The molecule has 0 aromatic heterocycles. The highest BCUT2D eigenvalue weighted by atomic mass is 16.2. The van der Waals surface area contributed by atoms with Crippen LogP contribution in [0.2, 0.25) is 0 Å². The van der Waals surface area contributed by atoms with E-state index < -0.39 is 0 Å². The van der Waals surface area contributed by atoms with Crippen LogP contribution in [0.5, 0.6) is 0 Å². The van der Waals surface area contributed by atoms with Gasteiger partial charge in [0.15, 0.2) is 0 Å². The summed E-state index contributed by atoms with van der Waals surface area (Å²) in [7, 11) is 0. The van der Waals surface area contributed by atoms with Crippen LogP contribution in [-0.4, -0.2) is 11.6 Å². The first-order valence-electron chi connectivity index (χ1n) is 5.68. The molecule has 0 unspecified atom stereocenters. The van der Waals surface area contributed by atoms with Gasteiger partial charge < -0.3 is 0 Å². The first-order valence-corrected chi connectivity index (χ1v) is 5.68. The van der Waals surface area contributed by atoms with E-state index in [0.717, 1.165) is 12.8 Å². The summed E-state index contributed by atoms with van der Waals surface area (Å²) in [6.07, 6.45) is 7.21. The first-order chi connectivity index (χ1) is 6.63. The zero-order valence-electron chi connectivity index (χ0n) is 8.84. The summed E-state index contributed by atoms with van der Waals surface area (Å²) in [5.41, 5.74) is 0.0823. The Morgan fingerprint density at radius 2 is 1.50 bits per heavy atom. The molecule has 2 aliphatic carbocycles. The highest BCUT2D eigenvalue weighted by molar-refractivity contribution is 6.04. The van der Waals surface area contributed by atoms with Gasteiger partial charge >= 0.3 is 0 Å². The molecule has 2 heteroatoms. The molecule has 0 amide bonds. The molecule has 2 rings (SSSR count). The number of Topliss-reactive ketones (excluding diaryl/α,β-unsaturated/α-hetero) is 2. The third-order valence-corrected chi connectivity index (χ3v) is 3.98. The average molecular weight is 194 g/mol. The van der Waals surface area contributed by atoms with Gasteiger partial charge in [0.1, 0.15) is 11.6 Å². The highest BCUT2D eigenvalue weighted by Crippen LogP contribution is 2.46. The summed E-state index contributed by atoms with van der Waals surface area (Å²) in [6, 6.07) is 0. The van der Waals surface area contributed by atoms with Gasteiger partial charge in [-0.15, -0.1) is 0 Å². The zero-order chi connectivity index (χ0) is 10.2. The smallest absolute Gasteiger partial charge is 0.143 e. The Kier molecular flexibility index (Phi) is 2.46. The van der Waals surface area contributed by atoms with Gasteiger partial charge in [0.2, 0.25) is 0 Å². The summed E-state index contributed by atoms with van der Waals surface area (Å²) >= 11 is 0. The molecule has 0 aromatic carbocycles. The molecule has 2 nitrogen and oxygen atoms in total. The fraction of sp³-hybridized carbons (Fsp3) is 0.833. The predicted molar refractivity (Wildman–Crippen MR) is 53.9 cm³/mol. The lowest BCUT2D eigenvalue weighted by molar-refractivity contribution is -0.140. The Morgan fingerprint density at radius 3 is 2.00 bits per heavy atom. The Morgan fingerprint density at radius 1 is 1.00 bits per heavy atom. The largest absolute Gasteiger partial charge is 0.299 e. The van der Waals surface area contributed by atoms with Crippen LogP contribution in [0, 0.1) is 11.3 Å². The molecule has 0 saturated heterocycles. The van der Waals surface area contributed by atoms with E-state index in [-0.39, 0.29) is 22.9 Å². The number of carbonyl (C=O) groups excluding carboxylic acids is 2. The lowest BCUT2D eigenvalue weighted by atomic mass is 9.63. The zero-order valence-corrected chi connectivity index (χ0v) is 8.84. The van der Waals surface area contributed by atoms with Crippen molar-refractivity contribution in [2.24, 2.45) is 11.3 Å². The minimum atomic E-state index is -0.317. The molecule has 0 heterocycles. The van der Waals surface area contributed by atoms with Crippen LogP contribution in [0.3, 0.4) is 0 Å². The summed E-state index contributed by atoms with van der Waals surface area (Å²) < 4.78 is 0. The number of rotatable bonds is 0. The summed E-state index contributed by atoms with van der Waals surface area (Å²) in [5.74, 6) is 0.0499. The molecule has 0 aliphatic heterocycles. The fourth-order valence-electron chi connectivity index (χ4n) is 2.94. The molecule has 0 bridgehead atoms. The minimum absolute atomic E-state index is 0.0823. The maximum atomic E-state index is 11.7. The number of ketones is 2. The van der Waals surface area contributed by atoms with E-state index in [1.54, 1.807) is 6.92 Å². The lowest BCUT2D eigenvalue weighted by Crippen LogP contribution is -2.40. The molecule has 14 heavy (non-hydrogen) atoms. The molecular formula is C12H18O2. The molecule has 2 fully saturated rings. The highest BCUT2D eigenvalue weighted by Gasteiger charge is 2.43. The molecule has 0 atom stereocenters. The van der Waals surface area contributed by atoms with E-state index in [9.17, 15) is 9.59 Å². The second-order valence-corrected chi connectivity index (χ2v) is 5.07. The SMILES string of the molecule is CC1C(=O)CC2(CCCCC2)CC1=O. The van der Waals surface area contributed by atoms with Gasteiger partial charge in [-0.05, 0) is 25.2 Å². The normalized spacial score (nSPS) is 28.4. The topological polar surface area (TPSA) is 34.1 Å². The molecule has 1 spiro atoms. The van der Waals surface area contributed by atoms with Crippen molar-refractivity contribution in [2.45, 2.75) is 51.9 Å². The fourth-order valence-corrected chi connectivity index (χ4v) is 2.94. The molecule has 0 N–H and O–H groups in total. The average Bonchev–Trinajstić information content (AvgIpc) is 2.15. The van der Waals surface area contributed by atoms with Gasteiger partial charge in [0.05, 0.1) is 5.92 Å². The van der Waals surface area contributed by atoms with E-state index >= 15 is 0 Å².